The van der Waals surface area contributed by atoms with Crippen molar-refractivity contribution in [1.29, 1.82) is 0 Å². The number of hydrogen-bond acceptors (Lipinski definition) is 3. The van der Waals surface area contributed by atoms with Crippen LogP contribution in [0.3, 0.4) is 0 Å². The van der Waals surface area contributed by atoms with Gasteiger partial charge in [-0.15, -0.1) is 0 Å². The van der Waals surface area contributed by atoms with Crippen LogP contribution >= 0.6 is 0 Å². The zero-order chi connectivity index (χ0) is 11.6. The summed E-state index contributed by atoms with van der Waals surface area (Å²) >= 11 is 0. The van der Waals surface area contributed by atoms with Gasteiger partial charge in [0.15, 0.2) is 0 Å². The maximum atomic E-state index is 13.0. The van der Waals surface area contributed by atoms with Crippen molar-refractivity contribution in [2.75, 3.05) is 11.9 Å². The maximum Gasteiger partial charge on any atom is 0.253 e. The molecule has 1 heterocycles. The summed E-state index contributed by atoms with van der Waals surface area (Å²) in [6.07, 6.45) is 0. The van der Waals surface area contributed by atoms with Crippen molar-refractivity contribution in [1.82, 2.24) is 4.98 Å². The first-order valence-electron chi connectivity index (χ1n) is 4.04. The fraction of sp³-hybridized carbons (Fsp3) is 0.375. The Morgan fingerprint density at radius 3 is 2.07 bits per heavy atom. The average molecular weight is 224 g/mol. The number of pyridine rings is 1. The predicted molar refractivity (Wildman–Crippen MR) is 44.2 cm³/mol. The molecule has 0 spiro atoms. The number of aliphatic hydroxyl groups is 1. The zero-order valence-electron chi connectivity index (χ0n) is 7.69. The molecule has 0 aromatic carbocycles. The predicted octanol–water partition coefficient (Wildman–Crippen LogP) is 1.43. The molecular weight excluding hydrogens is 216 g/mol. The molecule has 7 heteroatoms. The molecular formula is C8H8F4N2O. The van der Waals surface area contributed by atoms with E-state index >= 15 is 0 Å². The van der Waals surface area contributed by atoms with Gasteiger partial charge in [0.25, 0.3) is 11.9 Å². The van der Waals surface area contributed by atoms with Crippen molar-refractivity contribution < 1.29 is 22.7 Å². The van der Waals surface area contributed by atoms with E-state index in [1.165, 1.54) is 6.92 Å². The van der Waals surface area contributed by atoms with Crippen LogP contribution in [0.5, 0.6) is 0 Å². The molecule has 15 heavy (non-hydrogen) atoms. The van der Waals surface area contributed by atoms with E-state index in [1.807, 2.05) is 0 Å². The minimum atomic E-state index is -1.73. The quantitative estimate of drug-likeness (QED) is 0.603. The molecule has 0 saturated heterocycles. The van der Waals surface area contributed by atoms with Gasteiger partial charge in [-0.25, -0.2) is 0 Å². The van der Waals surface area contributed by atoms with Crippen LogP contribution in [0.1, 0.15) is 6.92 Å². The molecule has 0 amide bonds. The van der Waals surface area contributed by atoms with E-state index in [2.05, 4.69) is 10.3 Å². The topological polar surface area (TPSA) is 45.1 Å². The number of hydrogen-bond donors (Lipinski definition) is 2. The highest BCUT2D eigenvalue weighted by atomic mass is 19.2. The number of aliphatic hydroxyl groups excluding tert-OH is 1. The molecule has 0 radical (unpaired) electrons. The molecule has 1 aromatic heterocycles. The van der Waals surface area contributed by atoms with Crippen LogP contribution in [0, 0.1) is 23.5 Å². The highest BCUT2D eigenvalue weighted by Crippen LogP contribution is 2.22. The average Bonchev–Trinajstić information content (AvgIpc) is 2.21. The van der Waals surface area contributed by atoms with Crippen LogP contribution in [-0.4, -0.2) is 22.7 Å². The van der Waals surface area contributed by atoms with Crippen LogP contribution in [0.2, 0.25) is 0 Å². The normalized spacial score (nSPS) is 12.7. The Morgan fingerprint density at radius 2 is 1.67 bits per heavy atom. The summed E-state index contributed by atoms with van der Waals surface area (Å²) in [5.74, 6) is -6.70. The number of nitrogens with zero attached hydrogens (tertiary/aromatic N) is 1. The lowest BCUT2D eigenvalue weighted by molar-refractivity contribution is 0.280. The Labute approximate surface area is 82.8 Å². The van der Waals surface area contributed by atoms with E-state index < -0.39 is 41.9 Å². The third-order valence-corrected chi connectivity index (χ3v) is 1.66. The first kappa shape index (κ1) is 11.7. The van der Waals surface area contributed by atoms with Crippen LogP contribution in [0.15, 0.2) is 0 Å². The SMILES string of the molecule is CC(CO)Nc1c(F)c(F)nc(F)c1F. The molecule has 1 unspecified atom stereocenters. The first-order chi connectivity index (χ1) is 6.97. The van der Waals surface area contributed by atoms with E-state index in [9.17, 15) is 17.6 Å². The summed E-state index contributed by atoms with van der Waals surface area (Å²) in [7, 11) is 0. The van der Waals surface area contributed by atoms with E-state index in [0.29, 0.717) is 0 Å². The molecule has 3 nitrogen and oxygen atoms in total. The molecule has 84 valence electrons. The Kier molecular flexibility index (Phi) is 3.46. The Bertz CT molecular complexity index is 346. The van der Waals surface area contributed by atoms with E-state index in [-0.39, 0.29) is 0 Å². The molecule has 0 fully saturated rings. The van der Waals surface area contributed by atoms with Gasteiger partial charge in [0.2, 0.25) is 11.6 Å². The highest BCUT2D eigenvalue weighted by molar-refractivity contribution is 5.46. The van der Waals surface area contributed by atoms with Crippen molar-refractivity contribution >= 4 is 5.69 Å². The van der Waals surface area contributed by atoms with Gasteiger partial charge < -0.3 is 10.4 Å². The summed E-state index contributed by atoms with van der Waals surface area (Å²) in [6, 6.07) is -0.741. The maximum absolute atomic E-state index is 13.0. The van der Waals surface area contributed by atoms with Crippen LogP contribution in [0.25, 0.3) is 0 Å². The molecule has 0 saturated carbocycles. The number of aromatic nitrogens is 1. The summed E-state index contributed by atoms with van der Waals surface area (Å²) in [5, 5.41) is 10.7. The molecule has 1 aromatic rings. The van der Waals surface area contributed by atoms with Gasteiger partial charge in [-0.2, -0.15) is 22.5 Å². The van der Waals surface area contributed by atoms with Crippen LogP contribution in [-0.2, 0) is 0 Å². The van der Waals surface area contributed by atoms with Crippen LogP contribution < -0.4 is 5.32 Å². The minimum Gasteiger partial charge on any atom is -0.394 e. The third kappa shape index (κ3) is 2.35. The molecule has 0 bridgehead atoms. The lowest BCUT2D eigenvalue weighted by Crippen LogP contribution is -2.22. The molecule has 1 rings (SSSR count). The van der Waals surface area contributed by atoms with Gasteiger partial charge in [-0.3, -0.25) is 0 Å². The van der Waals surface area contributed by atoms with Gasteiger partial charge in [-0.1, -0.05) is 0 Å². The minimum absolute atomic E-state index is 0.440. The second kappa shape index (κ2) is 4.43. The number of anilines is 1. The van der Waals surface area contributed by atoms with Gasteiger partial charge in [0, 0.05) is 6.04 Å². The van der Waals surface area contributed by atoms with Crippen molar-refractivity contribution in [3.63, 3.8) is 0 Å². The van der Waals surface area contributed by atoms with Gasteiger partial charge in [-0.05, 0) is 6.92 Å². The fourth-order valence-corrected chi connectivity index (χ4v) is 0.906. The monoisotopic (exact) mass is 224 g/mol. The first-order valence-corrected chi connectivity index (χ1v) is 4.04. The van der Waals surface area contributed by atoms with E-state index in [4.69, 9.17) is 5.11 Å². The molecule has 1 atom stereocenters. The fourth-order valence-electron chi connectivity index (χ4n) is 0.906. The largest absolute Gasteiger partial charge is 0.394 e. The Hall–Kier alpha value is -1.37. The van der Waals surface area contributed by atoms with E-state index in [0.717, 1.165) is 0 Å². The molecule has 0 aliphatic rings. The van der Waals surface area contributed by atoms with Crippen molar-refractivity contribution in [3.8, 4) is 0 Å². The highest BCUT2D eigenvalue weighted by Gasteiger charge is 2.21. The molecule has 0 aliphatic heterocycles. The molecule has 2 N–H and O–H groups in total. The summed E-state index contributed by atoms with van der Waals surface area (Å²) in [6.45, 7) is 0.944. The van der Waals surface area contributed by atoms with E-state index in [1.54, 1.807) is 0 Å². The Balaban J connectivity index is 3.15. The number of rotatable bonds is 3. The van der Waals surface area contributed by atoms with Crippen LogP contribution in [0.4, 0.5) is 23.2 Å². The van der Waals surface area contributed by atoms with Crippen molar-refractivity contribution in [2.45, 2.75) is 13.0 Å². The number of halogens is 4. The number of nitrogens with one attached hydrogen (secondary N) is 1. The lowest BCUT2D eigenvalue weighted by atomic mass is 10.3. The second-order valence-electron chi connectivity index (χ2n) is 2.92. The van der Waals surface area contributed by atoms with Crippen molar-refractivity contribution in [3.05, 3.63) is 23.5 Å². The standard InChI is InChI=1S/C8H8F4N2O/c1-3(2-15)13-6-4(9)7(11)14-8(12)5(6)10/h3,15H,2H2,1H3,(H,13,14). The third-order valence-electron chi connectivity index (χ3n) is 1.66. The Morgan fingerprint density at radius 1 is 1.20 bits per heavy atom. The van der Waals surface area contributed by atoms with Gasteiger partial charge >= 0.3 is 0 Å². The second-order valence-corrected chi connectivity index (χ2v) is 2.92. The summed E-state index contributed by atoms with van der Waals surface area (Å²) in [5.41, 5.74) is -0.971. The summed E-state index contributed by atoms with van der Waals surface area (Å²) < 4.78 is 51.1. The smallest absolute Gasteiger partial charge is 0.253 e. The van der Waals surface area contributed by atoms with Gasteiger partial charge in [0.1, 0.15) is 5.69 Å². The summed E-state index contributed by atoms with van der Waals surface area (Å²) in [4.78, 5) is 2.38. The molecule has 0 aliphatic carbocycles. The van der Waals surface area contributed by atoms with Crippen molar-refractivity contribution in [2.24, 2.45) is 0 Å². The van der Waals surface area contributed by atoms with Gasteiger partial charge in [0.05, 0.1) is 6.61 Å². The zero-order valence-corrected chi connectivity index (χ0v) is 7.69. The lowest BCUT2D eigenvalue weighted by Gasteiger charge is -2.13.